The van der Waals surface area contributed by atoms with Crippen molar-refractivity contribution in [3.05, 3.63) is 106 Å². The van der Waals surface area contributed by atoms with E-state index in [0.29, 0.717) is 42.4 Å². The fourth-order valence-corrected chi connectivity index (χ4v) is 11.9. The van der Waals surface area contributed by atoms with Crippen molar-refractivity contribution < 1.29 is 27.6 Å². The predicted molar refractivity (Wildman–Crippen MR) is 255 cm³/mol. The van der Waals surface area contributed by atoms with Crippen LogP contribution in [0.15, 0.2) is 84.1 Å². The summed E-state index contributed by atoms with van der Waals surface area (Å²) in [6.07, 6.45) is 12.7. The Labute approximate surface area is 387 Å². The minimum absolute atomic E-state index is 0.0153. The average Bonchev–Trinajstić information content (AvgIpc) is 3.76. The van der Waals surface area contributed by atoms with Crippen molar-refractivity contribution in [2.24, 2.45) is 16.7 Å². The van der Waals surface area contributed by atoms with Gasteiger partial charge in [-0.1, -0.05) is 52.0 Å². The summed E-state index contributed by atoms with van der Waals surface area (Å²) in [7, 11) is -4.61. The van der Waals surface area contributed by atoms with E-state index < -0.39 is 31.4 Å². The number of morpholine rings is 1. The molecule has 350 valence electrons. The molecule has 4 aliphatic rings. The molecule has 9 rings (SSSR count). The van der Waals surface area contributed by atoms with Crippen molar-refractivity contribution in [1.82, 2.24) is 24.6 Å². The number of anilines is 2. The lowest BCUT2D eigenvalue weighted by Gasteiger charge is -2.60. The lowest BCUT2D eigenvalue weighted by molar-refractivity contribution is -0.384. The molecular weight excluding hydrogens is 857 g/mol. The zero-order valence-electron chi connectivity index (χ0n) is 38.6. The lowest BCUT2D eigenvalue weighted by atomic mass is 9.59. The van der Waals surface area contributed by atoms with Crippen LogP contribution >= 0.6 is 0 Å². The summed E-state index contributed by atoms with van der Waals surface area (Å²) >= 11 is 0. The summed E-state index contributed by atoms with van der Waals surface area (Å²) in [5.41, 5.74) is 4.06. The molecule has 2 aliphatic carbocycles. The first kappa shape index (κ1) is 45.6. The van der Waals surface area contributed by atoms with E-state index >= 15 is 0 Å². The van der Waals surface area contributed by atoms with Gasteiger partial charge in [0.1, 0.15) is 22.0 Å². The van der Waals surface area contributed by atoms with Crippen molar-refractivity contribution in [3.63, 3.8) is 0 Å². The summed E-state index contributed by atoms with van der Waals surface area (Å²) in [4.78, 5) is 41.7. The Balaban J connectivity index is 0.904. The standard InChI is InChI=1S/C50H62N8O7S/c1-33(2)40-8-6-7-9-42(40)49(5)32-64-23-22-57(49)37-27-50(28-37)17-20-56(21-18-50)36-10-11-41(44(25-36)65-38-24-35-14-19-51-45(35)53-30-38)47(59)55-66(62,63)39-26-43(58(60)61)46(54-31-39)52-29-34-12-15-48(3,4)16-13-34/h6-11,14,19,24-26,30-31,33-34,37H,12-13,15-18,20-23,27-29,32H2,1-5H3,(H,51,53)(H,52,54)(H,55,59)/t49-/m0/s1. The van der Waals surface area contributed by atoms with Crippen LogP contribution in [0.2, 0.25) is 0 Å². The summed E-state index contributed by atoms with van der Waals surface area (Å²) in [5.74, 6) is 0.271. The van der Waals surface area contributed by atoms with Crippen molar-refractivity contribution in [3.8, 4) is 11.5 Å². The van der Waals surface area contributed by atoms with E-state index in [1.54, 1.807) is 24.4 Å². The molecule has 5 aromatic rings. The van der Waals surface area contributed by atoms with Crippen LogP contribution in [-0.2, 0) is 20.3 Å². The number of sulfonamides is 1. The van der Waals surface area contributed by atoms with Crippen LogP contribution in [0.1, 0.15) is 113 Å². The van der Waals surface area contributed by atoms with Gasteiger partial charge in [0.15, 0.2) is 0 Å². The first-order valence-electron chi connectivity index (χ1n) is 23.4. The molecule has 1 spiro atoms. The van der Waals surface area contributed by atoms with Crippen LogP contribution in [0, 0.1) is 26.9 Å². The average molecular weight is 919 g/mol. The van der Waals surface area contributed by atoms with E-state index in [9.17, 15) is 23.3 Å². The number of nitrogens with one attached hydrogen (secondary N) is 3. The number of carbonyl (C=O) groups is 1. The van der Waals surface area contributed by atoms with Crippen molar-refractivity contribution >= 4 is 44.2 Å². The van der Waals surface area contributed by atoms with Gasteiger partial charge in [-0.3, -0.25) is 19.8 Å². The van der Waals surface area contributed by atoms with E-state index in [1.807, 2.05) is 12.1 Å². The molecule has 0 radical (unpaired) electrons. The summed E-state index contributed by atoms with van der Waals surface area (Å²) < 4.78 is 42.1. The van der Waals surface area contributed by atoms with Gasteiger partial charge in [0.2, 0.25) is 5.82 Å². The second kappa shape index (κ2) is 17.9. The number of H-pyrrole nitrogens is 1. The molecule has 2 saturated carbocycles. The number of pyridine rings is 2. The number of carbonyl (C=O) groups excluding carboxylic acids is 1. The molecule has 1 atom stereocenters. The highest BCUT2D eigenvalue weighted by Crippen LogP contribution is 2.54. The number of nitrogens with zero attached hydrogens (tertiary/aromatic N) is 5. The molecule has 15 nitrogen and oxygen atoms in total. The van der Waals surface area contributed by atoms with Gasteiger partial charge < -0.3 is 24.7 Å². The van der Waals surface area contributed by atoms with Gasteiger partial charge in [-0.25, -0.2) is 23.1 Å². The minimum atomic E-state index is -4.61. The normalized spacial score (nSPS) is 21.5. The number of nitro groups is 1. The Morgan fingerprint density at radius 2 is 1.74 bits per heavy atom. The first-order chi connectivity index (χ1) is 31.5. The number of benzene rings is 2. The molecular formula is C50H62N8O7S. The number of rotatable bonds is 13. The highest BCUT2D eigenvalue weighted by Gasteiger charge is 2.52. The van der Waals surface area contributed by atoms with Crippen molar-refractivity contribution in [2.45, 2.75) is 108 Å². The van der Waals surface area contributed by atoms with Gasteiger partial charge >= 0.3 is 5.69 Å². The number of fused-ring (bicyclic) bond motifs is 1. The molecule has 0 bridgehead atoms. The fourth-order valence-electron chi connectivity index (χ4n) is 11.0. The zero-order chi connectivity index (χ0) is 46.4. The molecule has 2 saturated heterocycles. The largest absolute Gasteiger partial charge is 0.455 e. The van der Waals surface area contributed by atoms with E-state index in [1.165, 1.54) is 17.3 Å². The summed E-state index contributed by atoms with van der Waals surface area (Å²) in [6, 6.07) is 19.0. The van der Waals surface area contributed by atoms with Gasteiger partial charge in [-0.05, 0) is 116 Å². The maximum absolute atomic E-state index is 14.0. The second-order valence-corrected chi connectivity index (χ2v) is 22.1. The maximum atomic E-state index is 14.0. The third-order valence-electron chi connectivity index (χ3n) is 15.0. The van der Waals surface area contributed by atoms with Crippen molar-refractivity contribution in [2.75, 3.05) is 49.6 Å². The Bertz CT molecular complexity index is 2710. The highest BCUT2D eigenvalue weighted by molar-refractivity contribution is 7.90. The Hall–Kier alpha value is -5.58. The lowest BCUT2D eigenvalue weighted by Crippen LogP contribution is -2.63. The Morgan fingerprint density at radius 3 is 2.48 bits per heavy atom. The Morgan fingerprint density at radius 1 is 0.985 bits per heavy atom. The first-order valence-corrected chi connectivity index (χ1v) is 24.9. The number of amides is 1. The SMILES string of the molecule is CC(C)c1ccccc1[C@]1(C)COCCN1C1CC2(CCN(c3ccc(C(=O)NS(=O)(=O)c4cnc(NCC5CCC(C)(C)CC5)c([N+](=O)[O-])c4)c(Oc4cnc5[nH]ccc5c4)c3)CC2)C1. The number of piperidine rings is 1. The monoisotopic (exact) mass is 918 g/mol. The zero-order valence-corrected chi connectivity index (χ0v) is 39.5. The number of ether oxygens (including phenoxy) is 2. The molecule has 5 heterocycles. The number of aromatic amines is 1. The van der Waals surface area contributed by atoms with E-state index in [4.69, 9.17) is 9.47 Å². The van der Waals surface area contributed by atoms with E-state index in [0.717, 1.165) is 101 Å². The van der Waals surface area contributed by atoms with Gasteiger partial charge in [-0.2, -0.15) is 0 Å². The van der Waals surface area contributed by atoms with Crippen LogP contribution in [-0.4, -0.2) is 84.5 Å². The van der Waals surface area contributed by atoms with Crippen LogP contribution < -0.4 is 19.7 Å². The third-order valence-corrected chi connectivity index (χ3v) is 16.3. The number of aromatic nitrogens is 3. The molecule has 1 amide bonds. The molecule has 4 fully saturated rings. The van der Waals surface area contributed by atoms with Crippen LogP contribution in [0.3, 0.4) is 0 Å². The van der Waals surface area contributed by atoms with Gasteiger partial charge in [-0.15, -0.1) is 0 Å². The number of hydrogen-bond donors (Lipinski definition) is 3. The van der Waals surface area contributed by atoms with Gasteiger partial charge in [0, 0.05) is 61.6 Å². The molecule has 3 aromatic heterocycles. The molecule has 16 heteroatoms. The van der Waals surface area contributed by atoms with Gasteiger partial charge in [0.25, 0.3) is 15.9 Å². The number of hydrogen-bond acceptors (Lipinski definition) is 12. The third kappa shape index (κ3) is 9.23. The predicted octanol–water partition coefficient (Wildman–Crippen LogP) is 9.53. The van der Waals surface area contributed by atoms with Crippen LogP contribution in [0.5, 0.6) is 11.5 Å². The molecule has 2 aromatic carbocycles. The quantitative estimate of drug-likeness (QED) is 0.0752. The van der Waals surface area contributed by atoms with Crippen LogP contribution in [0.4, 0.5) is 17.2 Å². The Kier molecular flexibility index (Phi) is 12.4. The molecule has 66 heavy (non-hydrogen) atoms. The van der Waals surface area contributed by atoms with Crippen molar-refractivity contribution in [1.29, 1.82) is 0 Å². The topological polar surface area (TPSA) is 185 Å². The molecule has 3 N–H and O–H groups in total. The van der Waals surface area contributed by atoms with E-state index in [2.05, 4.69) is 93.7 Å². The summed E-state index contributed by atoms with van der Waals surface area (Å²) in [6.45, 7) is 15.8. The second-order valence-electron chi connectivity index (χ2n) is 20.4. The fraction of sp³-hybridized carbons (Fsp3) is 0.500. The van der Waals surface area contributed by atoms with E-state index in [-0.39, 0.29) is 33.5 Å². The molecule has 2 aliphatic heterocycles. The maximum Gasteiger partial charge on any atom is 0.312 e. The smallest absolute Gasteiger partial charge is 0.312 e. The van der Waals surface area contributed by atoms with Gasteiger partial charge in [0.05, 0.1) is 41.6 Å². The minimum Gasteiger partial charge on any atom is -0.455 e. The summed E-state index contributed by atoms with van der Waals surface area (Å²) in [5, 5.41) is 16.1. The highest BCUT2D eigenvalue weighted by atomic mass is 32.2. The molecule has 0 unspecified atom stereocenters. The van der Waals surface area contributed by atoms with Crippen LogP contribution in [0.25, 0.3) is 11.0 Å².